The molecule has 0 aliphatic carbocycles. The topological polar surface area (TPSA) is 179 Å². The maximum absolute atomic E-state index is 14.5. The van der Waals surface area contributed by atoms with Crippen molar-refractivity contribution in [1.29, 1.82) is 0 Å². The van der Waals surface area contributed by atoms with Crippen molar-refractivity contribution in [2.24, 2.45) is 0 Å². The van der Waals surface area contributed by atoms with Crippen LogP contribution in [-0.4, -0.2) is 77.1 Å². The van der Waals surface area contributed by atoms with Crippen molar-refractivity contribution < 1.29 is 65.7 Å². The van der Waals surface area contributed by atoms with Gasteiger partial charge in [0.2, 0.25) is 28.7 Å². The molecule has 0 bridgehead atoms. The Labute approximate surface area is 300 Å². The van der Waals surface area contributed by atoms with E-state index < -0.39 is 17.2 Å². The molecule has 0 fully saturated rings. The predicted molar refractivity (Wildman–Crippen MR) is 189 cm³/mol. The zero-order valence-corrected chi connectivity index (χ0v) is 30.3. The first-order valence-corrected chi connectivity index (χ1v) is 15.5. The number of benzene rings is 4. The number of methoxy groups -OCH3 is 10. The molecule has 0 saturated heterocycles. The Morgan fingerprint density at radius 1 is 0.491 bits per heavy atom. The molecule has 0 amide bonds. The number of rotatable bonds is 13. The minimum atomic E-state index is -0.920. The average Bonchev–Trinajstić information content (AvgIpc) is 3.18. The summed E-state index contributed by atoms with van der Waals surface area (Å²) in [6, 6.07) is 5.93. The fourth-order valence-electron chi connectivity index (χ4n) is 6.42. The van der Waals surface area contributed by atoms with Crippen LogP contribution in [0.2, 0.25) is 0 Å². The summed E-state index contributed by atoms with van der Waals surface area (Å²) in [6.07, 6.45) is 0. The van der Waals surface area contributed by atoms with E-state index in [0.717, 1.165) is 0 Å². The maximum atomic E-state index is 14.5. The zero-order valence-electron chi connectivity index (χ0n) is 30.3. The second-order valence-electron chi connectivity index (χ2n) is 11.0. The van der Waals surface area contributed by atoms with Crippen LogP contribution in [-0.2, 0) is 4.74 Å². The van der Waals surface area contributed by atoms with Crippen molar-refractivity contribution in [2.75, 3.05) is 71.1 Å². The van der Waals surface area contributed by atoms with Crippen molar-refractivity contribution in [3.8, 4) is 74.4 Å². The minimum Gasteiger partial charge on any atom is -0.493 e. The van der Waals surface area contributed by atoms with Gasteiger partial charge in [-0.2, -0.15) is 0 Å². The molecule has 2 aromatic heterocycles. The van der Waals surface area contributed by atoms with E-state index >= 15 is 0 Å². The van der Waals surface area contributed by atoms with Crippen LogP contribution in [0.5, 0.6) is 63.2 Å². The fourth-order valence-corrected chi connectivity index (χ4v) is 6.42. The van der Waals surface area contributed by atoms with E-state index in [9.17, 15) is 14.4 Å². The van der Waals surface area contributed by atoms with Crippen LogP contribution in [0.1, 0.15) is 10.4 Å². The lowest BCUT2D eigenvalue weighted by molar-refractivity contribution is 0.0596. The highest BCUT2D eigenvalue weighted by Crippen LogP contribution is 2.56. The fraction of sp³-hybridized carbons (Fsp3) is 0.270. The van der Waals surface area contributed by atoms with Crippen molar-refractivity contribution in [3.63, 3.8) is 0 Å². The number of hydrogen-bond acceptors (Lipinski definition) is 16. The number of hydrogen-bond donors (Lipinski definition) is 0. The van der Waals surface area contributed by atoms with Crippen molar-refractivity contribution in [3.05, 3.63) is 50.7 Å². The van der Waals surface area contributed by atoms with Crippen LogP contribution >= 0.6 is 0 Å². The minimum absolute atomic E-state index is 0.0196. The molecular formula is C37H34O16. The van der Waals surface area contributed by atoms with Gasteiger partial charge in [-0.3, -0.25) is 0 Å². The van der Waals surface area contributed by atoms with Crippen LogP contribution < -0.4 is 58.6 Å². The lowest BCUT2D eigenvalue weighted by Gasteiger charge is -2.22. The third-order valence-corrected chi connectivity index (χ3v) is 8.63. The van der Waals surface area contributed by atoms with Gasteiger partial charge in [-0.25, -0.2) is 14.4 Å². The average molecular weight is 735 g/mol. The van der Waals surface area contributed by atoms with E-state index in [1.807, 2.05) is 0 Å². The van der Waals surface area contributed by atoms with E-state index in [1.54, 1.807) is 12.1 Å². The van der Waals surface area contributed by atoms with Gasteiger partial charge in [-0.05, 0) is 18.2 Å². The predicted octanol–water partition coefficient (Wildman–Crippen LogP) is 5.81. The first kappa shape index (κ1) is 36.1. The van der Waals surface area contributed by atoms with E-state index in [2.05, 4.69) is 0 Å². The number of ether oxygens (including phenoxy) is 11. The Balaban J connectivity index is 1.83. The van der Waals surface area contributed by atoms with E-state index in [-0.39, 0.29) is 101 Å². The van der Waals surface area contributed by atoms with Crippen LogP contribution in [0.3, 0.4) is 0 Å². The SMILES string of the molecule is COC(=O)c1cc(OC)c(OC)c(OC)c1Oc1c(OC)cc2c(=O)oc3c(OC)c(OC)c(-c4ccc(OC)c(OC)c4OC)c4c(=O)oc1c2c34. The highest BCUT2D eigenvalue weighted by atomic mass is 16.6. The molecule has 0 atom stereocenters. The van der Waals surface area contributed by atoms with Crippen molar-refractivity contribution >= 4 is 38.7 Å². The standard InChI is InChI=1S/C37H34O16/c1-41-18-12-11-15(25(44-4)27(18)45-5)21-24-23-22-16(36(39)52-32(23)34(49-9)30(21)47-7)13-20(43-3)29(31(22)53-37(24)40)51-26-17(35(38)50-10)14-19(42-2)28(46-6)33(26)48-8/h11-14H,1-10H3. The maximum Gasteiger partial charge on any atom is 0.345 e. The van der Waals surface area contributed by atoms with Gasteiger partial charge < -0.3 is 60.9 Å². The Kier molecular flexibility index (Phi) is 9.62. The highest BCUT2D eigenvalue weighted by Gasteiger charge is 2.35. The number of carbonyl (C=O) groups is 1. The lowest BCUT2D eigenvalue weighted by atomic mass is 9.93. The van der Waals surface area contributed by atoms with Crippen LogP contribution in [0, 0.1) is 0 Å². The third kappa shape index (κ3) is 5.32. The summed E-state index contributed by atoms with van der Waals surface area (Å²) in [5.41, 5.74) is -1.80. The van der Waals surface area contributed by atoms with Gasteiger partial charge in [-0.15, -0.1) is 0 Å². The molecule has 6 aromatic rings. The summed E-state index contributed by atoms with van der Waals surface area (Å²) in [5.74, 6) is -0.464. The molecule has 0 aliphatic heterocycles. The van der Waals surface area contributed by atoms with E-state index in [0.29, 0.717) is 11.3 Å². The molecule has 16 nitrogen and oxygen atoms in total. The van der Waals surface area contributed by atoms with Gasteiger partial charge in [-0.1, -0.05) is 0 Å². The summed E-state index contributed by atoms with van der Waals surface area (Å²) in [4.78, 5) is 41.4. The van der Waals surface area contributed by atoms with Crippen molar-refractivity contribution in [1.82, 2.24) is 0 Å². The van der Waals surface area contributed by atoms with Gasteiger partial charge in [0.25, 0.3) is 0 Å². The molecule has 4 aromatic carbocycles. The largest absolute Gasteiger partial charge is 0.493 e. The summed E-state index contributed by atoms with van der Waals surface area (Å²) in [7, 11) is 13.6. The van der Waals surface area contributed by atoms with Gasteiger partial charge >= 0.3 is 17.2 Å². The van der Waals surface area contributed by atoms with Crippen molar-refractivity contribution in [2.45, 2.75) is 0 Å². The molecule has 0 saturated carbocycles. The first-order chi connectivity index (χ1) is 25.6. The van der Waals surface area contributed by atoms with Crippen LogP contribution in [0.15, 0.2) is 42.7 Å². The highest BCUT2D eigenvalue weighted by molar-refractivity contribution is 6.26. The Hall–Kier alpha value is -6.71. The molecule has 0 aliphatic rings. The Morgan fingerprint density at radius 2 is 1.04 bits per heavy atom. The Bertz CT molecular complexity index is 2510. The summed E-state index contributed by atoms with van der Waals surface area (Å²) >= 11 is 0. The van der Waals surface area contributed by atoms with Crippen LogP contribution in [0.25, 0.3) is 43.8 Å². The molecule has 0 spiro atoms. The zero-order chi connectivity index (χ0) is 38.3. The molecule has 0 N–H and O–H groups in total. The summed E-state index contributed by atoms with van der Waals surface area (Å²) < 4.78 is 74.1. The summed E-state index contributed by atoms with van der Waals surface area (Å²) in [5, 5.41) is 0.0764. The van der Waals surface area contributed by atoms with E-state index in [4.69, 9.17) is 60.9 Å². The first-order valence-electron chi connectivity index (χ1n) is 15.5. The van der Waals surface area contributed by atoms with Gasteiger partial charge in [0.1, 0.15) is 5.56 Å². The molecular weight excluding hydrogens is 700 g/mol. The molecule has 53 heavy (non-hydrogen) atoms. The molecule has 0 radical (unpaired) electrons. The lowest BCUT2D eigenvalue weighted by Crippen LogP contribution is -2.12. The quantitative estimate of drug-likeness (QED) is 0.0787. The third-order valence-electron chi connectivity index (χ3n) is 8.63. The van der Waals surface area contributed by atoms with Crippen LogP contribution in [0.4, 0.5) is 0 Å². The van der Waals surface area contributed by atoms with Gasteiger partial charge in [0.05, 0.1) is 81.9 Å². The smallest absolute Gasteiger partial charge is 0.345 e. The summed E-state index contributed by atoms with van der Waals surface area (Å²) in [6.45, 7) is 0. The molecule has 0 unspecified atom stereocenters. The molecule has 278 valence electrons. The normalized spacial score (nSPS) is 11.1. The van der Waals surface area contributed by atoms with E-state index in [1.165, 1.54) is 83.2 Å². The second kappa shape index (κ2) is 14.1. The second-order valence-corrected chi connectivity index (χ2v) is 11.0. The van der Waals surface area contributed by atoms with Gasteiger partial charge in [0, 0.05) is 28.0 Å². The monoisotopic (exact) mass is 734 g/mol. The Morgan fingerprint density at radius 3 is 1.60 bits per heavy atom. The molecule has 16 heteroatoms. The van der Waals surface area contributed by atoms with Gasteiger partial charge in [0.15, 0.2) is 45.7 Å². The number of esters is 1. The molecule has 2 heterocycles. The molecule has 6 rings (SSSR count). The number of carbonyl (C=O) groups excluding carboxylic acids is 1.